The van der Waals surface area contributed by atoms with E-state index in [2.05, 4.69) is 27.8 Å². The molecular weight excluding hydrogens is 316 g/mol. The molecule has 1 atom stereocenters. The molecule has 2 amide bonds. The van der Waals surface area contributed by atoms with Gasteiger partial charge in [-0.1, -0.05) is 19.1 Å². The zero-order valence-corrected chi connectivity index (χ0v) is 14.9. The van der Waals surface area contributed by atoms with Gasteiger partial charge in [-0.05, 0) is 49.8 Å². The Bertz CT molecular complexity index is 726. The quantitative estimate of drug-likeness (QED) is 0.755. The van der Waals surface area contributed by atoms with Gasteiger partial charge in [-0.3, -0.25) is 5.10 Å². The lowest BCUT2D eigenvalue weighted by Gasteiger charge is -2.23. The van der Waals surface area contributed by atoms with Crippen LogP contribution in [-0.2, 0) is 19.4 Å². The maximum atomic E-state index is 12.2. The number of carbonyl (C=O) groups is 1. The molecule has 6 nitrogen and oxygen atoms in total. The van der Waals surface area contributed by atoms with Crippen LogP contribution in [0.3, 0.4) is 0 Å². The van der Waals surface area contributed by atoms with Crippen molar-refractivity contribution in [2.75, 3.05) is 6.61 Å². The van der Waals surface area contributed by atoms with E-state index in [4.69, 9.17) is 4.74 Å². The predicted octanol–water partition coefficient (Wildman–Crippen LogP) is 2.86. The van der Waals surface area contributed by atoms with Gasteiger partial charge in [0.05, 0.1) is 12.8 Å². The Balaban J connectivity index is 1.52. The second-order valence-electron chi connectivity index (χ2n) is 6.60. The number of aromatic nitrogens is 2. The smallest absolute Gasteiger partial charge is 0.315 e. The summed E-state index contributed by atoms with van der Waals surface area (Å²) in [5.41, 5.74) is 4.54. The van der Waals surface area contributed by atoms with Crippen molar-refractivity contribution < 1.29 is 9.53 Å². The van der Waals surface area contributed by atoms with E-state index in [9.17, 15) is 4.79 Å². The molecule has 0 fully saturated rings. The van der Waals surface area contributed by atoms with Gasteiger partial charge in [0.15, 0.2) is 0 Å². The number of H-pyrrole nitrogens is 1. The van der Waals surface area contributed by atoms with Crippen LogP contribution in [-0.4, -0.2) is 28.9 Å². The number of fused-ring (bicyclic) bond motifs is 1. The van der Waals surface area contributed by atoms with Crippen LogP contribution in [0.15, 0.2) is 24.4 Å². The Kier molecular flexibility index (Phi) is 5.58. The van der Waals surface area contributed by atoms with E-state index in [0.29, 0.717) is 13.2 Å². The molecule has 25 heavy (non-hydrogen) atoms. The first-order chi connectivity index (χ1) is 12.2. The van der Waals surface area contributed by atoms with Gasteiger partial charge < -0.3 is 15.4 Å². The van der Waals surface area contributed by atoms with Crippen LogP contribution in [0.25, 0.3) is 0 Å². The highest BCUT2D eigenvalue weighted by atomic mass is 16.5. The van der Waals surface area contributed by atoms with E-state index >= 15 is 0 Å². The topological polar surface area (TPSA) is 79.0 Å². The van der Waals surface area contributed by atoms with Crippen LogP contribution in [0.1, 0.15) is 42.1 Å². The van der Waals surface area contributed by atoms with E-state index in [1.165, 1.54) is 11.3 Å². The average Bonchev–Trinajstić information content (AvgIpc) is 3.06. The molecule has 1 heterocycles. The third-order valence-corrected chi connectivity index (χ3v) is 4.48. The Morgan fingerprint density at radius 3 is 3.16 bits per heavy atom. The fourth-order valence-electron chi connectivity index (χ4n) is 3.11. The van der Waals surface area contributed by atoms with Crippen molar-refractivity contribution in [3.8, 4) is 5.75 Å². The minimum atomic E-state index is -0.140. The van der Waals surface area contributed by atoms with Crippen molar-refractivity contribution in [2.45, 2.75) is 52.1 Å². The summed E-state index contributed by atoms with van der Waals surface area (Å²) in [5.74, 6) is 0.850. The molecule has 3 N–H and O–H groups in total. The fraction of sp³-hybridized carbons (Fsp3) is 0.474. The van der Waals surface area contributed by atoms with Crippen molar-refractivity contribution in [1.82, 2.24) is 20.8 Å². The lowest BCUT2D eigenvalue weighted by molar-refractivity contribution is 0.235. The van der Waals surface area contributed by atoms with E-state index in [-0.39, 0.29) is 12.1 Å². The summed E-state index contributed by atoms with van der Waals surface area (Å²) in [6.45, 7) is 5.25. The summed E-state index contributed by atoms with van der Waals surface area (Å²) in [5, 5.41) is 13.1. The van der Waals surface area contributed by atoms with E-state index in [1.54, 1.807) is 0 Å². The SMILES string of the molecule is CCCOc1cc(C)ccc1CNC(=O)N[C@H]1CCc2[nH]ncc2C1. The first kappa shape index (κ1) is 17.3. The highest BCUT2D eigenvalue weighted by molar-refractivity contribution is 5.74. The number of nitrogens with one attached hydrogen (secondary N) is 3. The Labute approximate surface area is 148 Å². The molecule has 3 rings (SSSR count). The lowest BCUT2D eigenvalue weighted by Crippen LogP contribution is -2.44. The molecule has 0 aliphatic heterocycles. The number of amides is 2. The molecule has 1 aromatic heterocycles. The van der Waals surface area contributed by atoms with Crippen molar-refractivity contribution >= 4 is 6.03 Å². The van der Waals surface area contributed by atoms with Crippen LogP contribution >= 0.6 is 0 Å². The third kappa shape index (κ3) is 4.53. The van der Waals surface area contributed by atoms with Gasteiger partial charge in [0.2, 0.25) is 0 Å². The Hall–Kier alpha value is -2.50. The molecule has 1 aliphatic rings. The predicted molar refractivity (Wildman–Crippen MR) is 96.7 cm³/mol. The van der Waals surface area contributed by atoms with Crippen LogP contribution in [0.4, 0.5) is 4.79 Å². The molecule has 6 heteroatoms. The van der Waals surface area contributed by atoms with Gasteiger partial charge in [-0.25, -0.2) is 4.79 Å². The minimum absolute atomic E-state index is 0.140. The number of hydrogen-bond acceptors (Lipinski definition) is 3. The first-order valence-corrected chi connectivity index (χ1v) is 8.93. The van der Waals surface area contributed by atoms with Crippen LogP contribution in [0, 0.1) is 6.92 Å². The number of rotatable bonds is 6. The largest absolute Gasteiger partial charge is 0.493 e. The molecule has 0 bridgehead atoms. The average molecular weight is 342 g/mol. The number of nitrogens with zero attached hydrogens (tertiary/aromatic N) is 1. The zero-order chi connectivity index (χ0) is 17.6. The fourth-order valence-corrected chi connectivity index (χ4v) is 3.11. The molecule has 2 aromatic rings. The molecular formula is C19H26N4O2. The molecule has 0 saturated heterocycles. The van der Waals surface area contributed by atoms with Crippen LogP contribution in [0.5, 0.6) is 5.75 Å². The molecule has 1 aliphatic carbocycles. The Morgan fingerprint density at radius 1 is 1.44 bits per heavy atom. The lowest BCUT2D eigenvalue weighted by atomic mass is 9.94. The summed E-state index contributed by atoms with van der Waals surface area (Å²) in [6, 6.07) is 6.08. The molecule has 1 aromatic carbocycles. The molecule has 0 unspecified atom stereocenters. The van der Waals surface area contributed by atoms with Gasteiger partial charge in [0.25, 0.3) is 0 Å². The van der Waals surface area contributed by atoms with Crippen molar-refractivity contribution in [3.63, 3.8) is 0 Å². The van der Waals surface area contributed by atoms with Crippen molar-refractivity contribution in [1.29, 1.82) is 0 Å². The van der Waals surface area contributed by atoms with Crippen molar-refractivity contribution in [3.05, 3.63) is 46.8 Å². The van der Waals surface area contributed by atoms with Gasteiger partial charge in [0, 0.05) is 23.8 Å². The molecule has 0 saturated carbocycles. The highest BCUT2D eigenvalue weighted by Gasteiger charge is 2.21. The minimum Gasteiger partial charge on any atom is -0.493 e. The zero-order valence-electron chi connectivity index (χ0n) is 14.9. The molecule has 134 valence electrons. The summed E-state index contributed by atoms with van der Waals surface area (Å²) < 4.78 is 5.80. The number of urea groups is 1. The summed E-state index contributed by atoms with van der Waals surface area (Å²) >= 11 is 0. The summed E-state index contributed by atoms with van der Waals surface area (Å²) in [7, 11) is 0. The maximum Gasteiger partial charge on any atom is 0.315 e. The standard InChI is InChI=1S/C19H26N4O2/c1-3-8-25-18-9-13(2)4-5-14(18)11-20-19(24)22-16-6-7-17-15(10-16)12-21-23-17/h4-5,9,12,16H,3,6-8,10-11H2,1-2H3,(H,21,23)(H2,20,22,24)/t16-/m0/s1. The number of aromatic amines is 1. The second kappa shape index (κ2) is 8.05. The van der Waals surface area contributed by atoms with E-state index in [0.717, 1.165) is 42.6 Å². The summed E-state index contributed by atoms with van der Waals surface area (Å²) in [6.07, 6.45) is 5.49. The normalized spacial score (nSPS) is 16.2. The highest BCUT2D eigenvalue weighted by Crippen LogP contribution is 2.21. The van der Waals surface area contributed by atoms with Gasteiger partial charge >= 0.3 is 6.03 Å². The maximum absolute atomic E-state index is 12.2. The van der Waals surface area contributed by atoms with Crippen LogP contribution < -0.4 is 15.4 Å². The van der Waals surface area contributed by atoms with Crippen molar-refractivity contribution in [2.24, 2.45) is 0 Å². The summed E-state index contributed by atoms with van der Waals surface area (Å²) in [4.78, 5) is 12.2. The number of aryl methyl sites for hydroxylation is 2. The van der Waals surface area contributed by atoms with Gasteiger partial charge in [0.1, 0.15) is 5.75 Å². The number of ether oxygens (including phenoxy) is 1. The van der Waals surface area contributed by atoms with E-state index in [1.807, 2.05) is 31.3 Å². The third-order valence-electron chi connectivity index (χ3n) is 4.48. The van der Waals surface area contributed by atoms with Gasteiger partial charge in [-0.15, -0.1) is 0 Å². The molecule has 0 radical (unpaired) electrons. The van der Waals surface area contributed by atoms with Gasteiger partial charge in [-0.2, -0.15) is 5.10 Å². The monoisotopic (exact) mass is 342 g/mol. The second-order valence-corrected chi connectivity index (χ2v) is 6.60. The molecule has 0 spiro atoms. The van der Waals surface area contributed by atoms with E-state index < -0.39 is 0 Å². The van der Waals surface area contributed by atoms with Crippen LogP contribution in [0.2, 0.25) is 0 Å². The first-order valence-electron chi connectivity index (χ1n) is 8.93. The number of hydrogen-bond donors (Lipinski definition) is 3. The number of carbonyl (C=O) groups excluding carboxylic acids is 1. The Morgan fingerprint density at radius 2 is 2.32 bits per heavy atom. The number of benzene rings is 1.